The lowest BCUT2D eigenvalue weighted by molar-refractivity contribution is -0.154. The topological polar surface area (TPSA) is 47.6 Å². The molecule has 1 aliphatic heterocycles. The molecule has 2 rings (SSSR count). The van der Waals surface area contributed by atoms with Crippen molar-refractivity contribution in [3.8, 4) is 0 Å². The third-order valence-corrected chi connectivity index (χ3v) is 4.17. The summed E-state index contributed by atoms with van der Waals surface area (Å²) >= 11 is 0. The number of benzene rings is 1. The molecule has 0 aromatic heterocycles. The van der Waals surface area contributed by atoms with E-state index in [9.17, 15) is 4.79 Å². The third-order valence-electron chi connectivity index (χ3n) is 4.17. The van der Waals surface area contributed by atoms with Crippen molar-refractivity contribution in [2.45, 2.75) is 45.3 Å². The lowest BCUT2D eigenvalue weighted by Gasteiger charge is -2.26. The Bertz CT molecular complexity index is 468. The fourth-order valence-corrected chi connectivity index (χ4v) is 3.04. The standard InChI is InChI=1S/C18H27NO3/c1-4-16(15-8-6-5-7-9-15)17(20)19-13-14(2)12-18(3)21-10-11-22-18/h5-9,14,16H,4,10-13H2,1-3H3,(H,19,20). The molecule has 1 heterocycles. The Labute approximate surface area is 133 Å². The Morgan fingerprint density at radius 3 is 2.50 bits per heavy atom. The summed E-state index contributed by atoms with van der Waals surface area (Å²) in [6.45, 7) is 8.08. The number of ether oxygens (including phenoxy) is 2. The Kier molecular flexibility index (Phi) is 5.98. The van der Waals surface area contributed by atoms with Gasteiger partial charge in [0, 0.05) is 13.0 Å². The molecule has 4 heteroatoms. The zero-order valence-corrected chi connectivity index (χ0v) is 13.8. The van der Waals surface area contributed by atoms with Crippen molar-refractivity contribution in [1.82, 2.24) is 5.32 Å². The number of carbonyl (C=O) groups is 1. The summed E-state index contributed by atoms with van der Waals surface area (Å²) in [6, 6.07) is 9.95. The van der Waals surface area contributed by atoms with Crippen molar-refractivity contribution >= 4 is 5.91 Å². The second kappa shape index (κ2) is 7.75. The van der Waals surface area contributed by atoms with Crippen molar-refractivity contribution in [3.05, 3.63) is 35.9 Å². The number of hydrogen-bond donors (Lipinski definition) is 1. The number of rotatable bonds is 7. The molecule has 4 nitrogen and oxygen atoms in total. The minimum atomic E-state index is -0.492. The van der Waals surface area contributed by atoms with Gasteiger partial charge in [0.1, 0.15) is 0 Å². The number of nitrogens with one attached hydrogen (secondary N) is 1. The summed E-state index contributed by atoms with van der Waals surface area (Å²) in [5, 5.41) is 3.07. The largest absolute Gasteiger partial charge is 0.355 e. The highest BCUT2D eigenvalue weighted by molar-refractivity contribution is 5.83. The first kappa shape index (κ1) is 17.0. The van der Waals surface area contributed by atoms with Crippen molar-refractivity contribution in [2.24, 2.45) is 5.92 Å². The molecule has 1 aromatic rings. The molecule has 0 aliphatic carbocycles. The summed E-state index contributed by atoms with van der Waals surface area (Å²) in [5.74, 6) is -0.171. The van der Waals surface area contributed by atoms with E-state index in [0.717, 1.165) is 18.4 Å². The maximum absolute atomic E-state index is 12.4. The van der Waals surface area contributed by atoms with Crippen LogP contribution in [-0.2, 0) is 14.3 Å². The van der Waals surface area contributed by atoms with Crippen molar-refractivity contribution in [3.63, 3.8) is 0 Å². The monoisotopic (exact) mass is 305 g/mol. The van der Waals surface area contributed by atoms with Gasteiger partial charge in [0.15, 0.2) is 5.79 Å². The molecule has 0 spiro atoms. The van der Waals surface area contributed by atoms with Gasteiger partial charge in [-0.2, -0.15) is 0 Å². The molecule has 1 fully saturated rings. The highest BCUT2D eigenvalue weighted by Crippen LogP contribution is 2.26. The van der Waals surface area contributed by atoms with Crippen LogP contribution in [0, 0.1) is 5.92 Å². The zero-order valence-electron chi connectivity index (χ0n) is 13.8. The normalized spacial score (nSPS) is 19.6. The van der Waals surface area contributed by atoms with Gasteiger partial charge >= 0.3 is 0 Å². The summed E-state index contributed by atoms with van der Waals surface area (Å²) in [4.78, 5) is 12.4. The van der Waals surface area contributed by atoms with E-state index in [0.29, 0.717) is 25.7 Å². The van der Waals surface area contributed by atoms with E-state index in [1.54, 1.807) is 0 Å². The predicted molar refractivity (Wildman–Crippen MR) is 86.6 cm³/mol. The Hall–Kier alpha value is -1.39. The molecular weight excluding hydrogens is 278 g/mol. The van der Waals surface area contributed by atoms with Crippen molar-refractivity contribution < 1.29 is 14.3 Å². The van der Waals surface area contributed by atoms with Crippen LogP contribution in [0.5, 0.6) is 0 Å². The van der Waals surface area contributed by atoms with Crippen LogP contribution in [0.15, 0.2) is 30.3 Å². The SMILES string of the molecule is CCC(C(=O)NCC(C)CC1(C)OCCO1)c1ccccc1. The second-order valence-corrected chi connectivity index (χ2v) is 6.26. The van der Waals surface area contributed by atoms with E-state index in [1.807, 2.05) is 44.2 Å². The first-order valence-corrected chi connectivity index (χ1v) is 8.14. The first-order valence-electron chi connectivity index (χ1n) is 8.14. The van der Waals surface area contributed by atoms with E-state index < -0.39 is 5.79 Å². The van der Waals surface area contributed by atoms with Crippen LogP contribution in [-0.4, -0.2) is 31.5 Å². The van der Waals surface area contributed by atoms with Crippen LogP contribution in [0.25, 0.3) is 0 Å². The van der Waals surface area contributed by atoms with Gasteiger partial charge in [-0.05, 0) is 24.8 Å². The lowest BCUT2D eigenvalue weighted by Crippen LogP contribution is -2.36. The molecule has 0 bridgehead atoms. The number of hydrogen-bond acceptors (Lipinski definition) is 3. The molecule has 1 saturated heterocycles. The Morgan fingerprint density at radius 2 is 1.91 bits per heavy atom. The molecule has 1 aromatic carbocycles. The smallest absolute Gasteiger partial charge is 0.227 e. The van der Waals surface area contributed by atoms with Crippen LogP contribution in [0.2, 0.25) is 0 Å². The van der Waals surface area contributed by atoms with Gasteiger partial charge in [-0.3, -0.25) is 4.79 Å². The highest BCUT2D eigenvalue weighted by atomic mass is 16.7. The number of amides is 1. The summed E-state index contributed by atoms with van der Waals surface area (Å²) in [7, 11) is 0. The molecule has 1 amide bonds. The average Bonchev–Trinajstić information content (AvgIpc) is 2.93. The summed E-state index contributed by atoms with van der Waals surface area (Å²) in [6.07, 6.45) is 1.59. The van der Waals surface area contributed by atoms with Gasteiger partial charge in [0.25, 0.3) is 0 Å². The number of carbonyl (C=O) groups excluding carboxylic acids is 1. The van der Waals surface area contributed by atoms with Gasteiger partial charge in [0.05, 0.1) is 19.1 Å². The molecule has 122 valence electrons. The zero-order chi connectivity index (χ0) is 16.0. The maximum atomic E-state index is 12.4. The van der Waals surface area contributed by atoms with E-state index in [4.69, 9.17) is 9.47 Å². The molecular formula is C18H27NO3. The molecule has 2 unspecified atom stereocenters. The van der Waals surface area contributed by atoms with Gasteiger partial charge in [-0.1, -0.05) is 44.2 Å². The van der Waals surface area contributed by atoms with Gasteiger partial charge in [0.2, 0.25) is 5.91 Å². The van der Waals surface area contributed by atoms with Crippen LogP contribution in [0.3, 0.4) is 0 Å². The van der Waals surface area contributed by atoms with Crippen LogP contribution >= 0.6 is 0 Å². The molecule has 0 radical (unpaired) electrons. The Morgan fingerprint density at radius 1 is 1.27 bits per heavy atom. The van der Waals surface area contributed by atoms with Crippen LogP contribution in [0.4, 0.5) is 0 Å². The van der Waals surface area contributed by atoms with Crippen molar-refractivity contribution in [2.75, 3.05) is 19.8 Å². The maximum Gasteiger partial charge on any atom is 0.227 e. The summed E-state index contributed by atoms with van der Waals surface area (Å²) < 4.78 is 11.2. The predicted octanol–water partition coefficient (Wildman–Crippen LogP) is 3.09. The van der Waals surface area contributed by atoms with E-state index in [1.165, 1.54) is 0 Å². The van der Waals surface area contributed by atoms with E-state index >= 15 is 0 Å². The summed E-state index contributed by atoms with van der Waals surface area (Å²) in [5.41, 5.74) is 1.07. The fraction of sp³-hybridized carbons (Fsp3) is 0.611. The average molecular weight is 305 g/mol. The van der Waals surface area contributed by atoms with Gasteiger partial charge in [-0.25, -0.2) is 0 Å². The van der Waals surface area contributed by atoms with E-state index in [-0.39, 0.29) is 11.8 Å². The van der Waals surface area contributed by atoms with Gasteiger partial charge < -0.3 is 14.8 Å². The highest BCUT2D eigenvalue weighted by Gasteiger charge is 2.32. The Balaban J connectivity index is 1.83. The molecule has 1 aliphatic rings. The molecule has 1 N–H and O–H groups in total. The molecule has 22 heavy (non-hydrogen) atoms. The van der Waals surface area contributed by atoms with Crippen molar-refractivity contribution in [1.29, 1.82) is 0 Å². The molecule has 2 atom stereocenters. The lowest BCUT2D eigenvalue weighted by atomic mass is 9.95. The van der Waals surface area contributed by atoms with Crippen LogP contribution in [0.1, 0.15) is 45.1 Å². The first-order chi connectivity index (χ1) is 10.5. The van der Waals surface area contributed by atoms with E-state index in [2.05, 4.69) is 12.2 Å². The second-order valence-electron chi connectivity index (χ2n) is 6.26. The minimum Gasteiger partial charge on any atom is -0.355 e. The molecule has 0 saturated carbocycles. The van der Waals surface area contributed by atoms with Gasteiger partial charge in [-0.15, -0.1) is 0 Å². The third kappa shape index (κ3) is 4.55. The minimum absolute atomic E-state index is 0.0806. The van der Waals surface area contributed by atoms with Crippen LogP contribution < -0.4 is 5.32 Å². The quantitative estimate of drug-likeness (QED) is 0.842. The fourth-order valence-electron chi connectivity index (χ4n) is 3.04.